The predicted molar refractivity (Wildman–Crippen MR) is 120 cm³/mol. The molecule has 2 unspecified atom stereocenters. The molecule has 0 aromatic heterocycles. The lowest BCUT2D eigenvalue weighted by Gasteiger charge is -2.25. The van der Waals surface area contributed by atoms with Gasteiger partial charge in [0.05, 0.1) is 11.4 Å². The van der Waals surface area contributed by atoms with E-state index >= 15 is 0 Å². The van der Waals surface area contributed by atoms with Crippen LogP contribution in [0, 0.1) is 11.8 Å². The van der Waals surface area contributed by atoms with Crippen molar-refractivity contribution in [2.45, 2.75) is 85.9 Å². The van der Waals surface area contributed by atoms with Crippen LogP contribution in [0.4, 0.5) is 11.4 Å². The normalized spacial score (nSPS) is 13.9. The summed E-state index contributed by atoms with van der Waals surface area (Å²) < 4.78 is 5.47. The van der Waals surface area contributed by atoms with Crippen molar-refractivity contribution in [1.29, 1.82) is 0 Å². The number of rotatable bonds is 9. The van der Waals surface area contributed by atoms with E-state index in [4.69, 9.17) is 10.5 Å². The van der Waals surface area contributed by atoms with Crippen molar-refractivity contribution >= 4 is 23.3 Å². The zero-order chi connectivity index (χ0) is 22.4. The minimum atomic E-state index is -0.702. The molecule has 0 fully saturated rings. The first-order chi connectivity index (χ1) is 13.3. The van der Waals surface area contributed by atoms with Crippen LogP contribution < -0.4 is 16.4 Å². The van der Waals surface area contributed by atoms with E-state index in [1.165, 1.54) is 0 Å². The molecule has 4 N–H and O–H groups in total. The van der Waals surface area contributed by atoms with Gasteiger partial charge < -0.3 is 21.1 Å². The molecule has 0 saturated carbocycles. The zero-order valence-corrected chi connectivity index (χ0v) is 19.3. The van der Waals surface area contributed by atoms with Crippen LogP contribution in [0.25, 0.3) is 0 Å². The Hall–Kier alpha value is -2.24. The summed E-state index contributed by atoms with van der Waals surface area (Å²) in [4.78, 5) is 25.3. The molecule has 1 aromatic rings. The van der Waals surface area contributed by atoms with E-state index < -0.39 is 17.6 Å². The lowest BCUT2D eigenvalue weighted by molar-refractivity contribution is -0.157. The molecule has 0 aliphatic carbocycles. The maximum atomic E-state index is 12.7. The standard InChI is InChI=1S/C23H39N3O3/c1-14(2)11-16(5)25-19-10-9-17(13-18(19)24)21(27)26-20(12-15(3)4)22(28)29-23(6,7)8/h9-10,13-16,20,25H,11-12,24H2,1-8H3,(H,26,27). The average Bonchev–Trinajstić information content (AvgIpc) is 2.53. The third kappa shape index (κ3) is 9.20. The number of hydrogen-bond acceptors (Lipinski definition) is 5. The molecule has 0 aliphatic rings. The van der Waals surface area contributed by atoms with Crippen LogP contribution in [0.3, 0.4) is 0 Å². The SMILES string of the molecule is CC(C)CC(C)Nc1ccc(C(=O)NC(CC(C)C)C(=O)OC(C)(C)C)cc1N. The molecular weight excluding hydrogens is 366 g/mol. The van der Waals surface area contributed by atoms with E-state index in [-0.39, 0.29) is 17.9 Å². The Labute approximate surface area is 176 Å². The van der Waals surface area contributed by atoms with Crippen molar-refractivity contribution in [2.75, 3.05) is 11.1 Å². The second kappa shape index (κ2) is 10.5. The summed E-state index contributed by atoms with van der Waals surface area (Å²) >= 11 is 0. The minimum Gasteiger partial charge on any atom is -0.458 e. The largest absolute Gasteiger partial charge is 0.458 e. The van der Waals surface area contributed by atoms with Crippen molar-refractivity contribution in [3.8, 4) is 0 Å². The molecule has 0 heterocycles. The Balaban J connectivity index is 2.89. The molecule has 1 amide bonds. The van der Waals surface area contributed by atoms with E-state index in [1.54, 1.807) is 12.1 Å². The Morgan fingerprint density at radius 1 is 1.03 bits per heavy atom. The molecule has 1 aromatic carbocycles. The van der Waals surface area contributed by atoms with E-state index in [9.17, 15) is 9.59 Å². The molecule has 1 rings (SSSR count). The van der Waals surface area contributed by atoms with Crippen molar-refractivity contribution in [1.82, 2.24) is 5.32 Å². The summed E-state index contributed by atoms with van der Waals surface area (Å²) in [5, 5.41) is 6.20. The van der Waals surface area contributed by atoms with E-state index in [2.05, 4.69) is 31.4 Å². The van der Waals surface area contributed by atoms with Crippen LogP contribution in [-0.4, -0.2) is 29.6 Å². The van der Waals surface area contributed by atoms with Gasteiger partial charge in [-0.2, -0.15) is 0 Å². The van der Waals surface area contributed by atoms with E-state index in [0.29, 0.717) is 23.6 Å². The van der Waals surface area contributed by atoms with Gasteiger partial charge in [-0.1, -0.05) is 27.7 Å². The summed E-state index contributed by atoms with van der Waals surface area (Å²) in [6, 6.07) is 4.75. The van der Waals surface area contributed by atoms with Gasteiger partial charge in [-0.05, 0) is 70.6 Å². The maximum absolute atomic E-state index is 12.7. The quantitative estimate of drug-likeness (QED) is 0.412. The number of esters is 1. The van der Waals surface area contributed by atoms with Crippen LogP contribution in [-0.2, 0) is 9.53 Å². The number of anilines is 2. The molecule has 164 valence electrons. The second-order valence-electron chi connectivity index (χ2n) is 9.67. The number of benzene rings is 1. The first-order valence-electron chi connectivity index (χ1n) is 10.5. The van der Waals surface area contributed by atoms with Crippen LogP contribution in [0.2, 0.25) is 0 Å². The number of carbonyl (C=O) groups excluding carboxylic acids is 2. The highest BCUT2D eigenvalue weighted by molar-refractivity contribution is 5.98. The van der Waals surface area contributed by atoms with E-state index in [1.807, 2.05) is 40.7 Å². The monoisotopic (exact) mass is 405 g/mol. The Morgan fingerprint density at radius 2 is 1.62 bits per heavy atom. The first-order valence-corrected chi connectivity index (χ1v) is 10.5. The number of hydrogen-bond donors (Lipinski definition) is 3. The number of nitrogens with one attached hydrogen (secondary N) is 2. The smallest absolute Gasteiger partial charge is 0.329 e. The van der Waals surface area contributed by atoms with Gasteiger partial charge in [0, 0.05) is 11.6 Å². The number of nitrogens with two attached hydrogens (primary N) is 1. The summed E-state index contributed by atoms with van der Waals surface area (Å²) in [6.45, 7) is 15.9. The van der Waals surface area contributed by atoms with Crippen LogP contribution in [0.1, 0.15) is 78.6 Å². The number of carbonyl (C=O) groups is 2. The van der Waals surface area contributed by atoms with Gasteiger partial charge in [0.25, 0.3) is 5.91 Å². The number of nitrogen functional groups attached to an aromatic ring is 1. The third-order valence-electron chi connectivity index (χ3n) is 4.24. The summed E-state index contributed by atoms with van der Waals surface area (Å²) in [6.07, 6.45) is 1.52. The molecule has 2 atom stereocenters. The fourth-order valence-electron chi connectivity index (χ4n) is 3.17. The molecular formula is C23H39N3O3. The summed E-state index contributed by atoms with van der Waals surface area (Å²) in [5.74, 6) is 0.0461. The fourth-order valence-corrected chi connectivity index (χ4v) is 3.17. The van der Waals surface area contributed by atoms with Crippen molar-refractivity contribution in [2.24, 2.45) is 11.8 Å². The third-order valence-corrected chi connectivity index (χ3v) is 4.24. The maximum Gasteiger partial charge on any atom is 0.329 e. The van der Waals surface area contributed by atoms with Crippen molar-refractivity contribution < 1.29 is 14.3 Å². The van der Waals surface area contributed by atoms with Gasteiger partial charge in [-0.3, -0.25) is 4.79 Å². The molecule has 29 heavy (non-hydrogen) atoms. The fraction of sp³-hybridized carbons (Fsp3) is 0.652. The van der Waals surface area contributed by atoms with Gasteiger partial charge in [0.15, 0.2) is 0 Å². The molecule has 0 aliphatic heterocycles. The van der Waals surface area contributed by atoms with Crippen LogP contribution in [0.15, 0.2) is 18.2 Å². The van der Waals surface area contributed by atoms with Gasteiger partial charge in [0.2, 0.25) is 0 Å². The van der Waals surface area contributed by atoms with E-state index in [0.717, 1.165) is 12.1 Å². The van der Waals surface area contributed by atoms with Crippen molar-refractivity contribution in [3.05, 3.63) is 23.8 Å². The average molecular weight is 406 g/mol. The van der Waals surface area contributed by atoms with Gasteiger partial charge in [0.1, 0.15) is 11.6 Å². The lowest BCUT2D eigenvalue weighted by atomic mass is 10.0. The number of amides is 1. The van der Waals surface area contributed by atoms with Crippen LogP contribution >= 0.6 is 0 Å². The zero-order valence-electron chi connectivity index (χ0n) is 19.3. The van der Waals surface area contributed by atoms with Crippen LogP contribution in [0.5, 0.6) is 0 Å². The molecule has 0 bridgehead atoms. The van der Waals surface area contributed by atoms with Gasteiger partial charge in [-0.25, -0.2) is 4.79 Å². The highest BCUT2D eigenvalue weighted by atomic mass is 16.6. The Morgan fingerprint density at radius 3 is 2.10 bits per heavy atom. The summed E-state index contributed by atoms with van der Waals surface area (Å²) in [5.41, 5.74) is 7.28. The highest BCUT2D eigenvalue weighted by Gasteiger charge is 2.27. The molecule has 6 heteroatoms. The Kier molecular flexibility index (Phi) is 8.99. The summed E-state index contributed by atoms with van der Waals surface area (Å²) in [7, 11) is 0. The lowest BCUT2D eigenvalue weighted by Crippen LogP contribution is -2.45. The van der Waals surface area contributed by atoms with Gasteiger partial charge in [-0.15, -0.1) is 0 Å². The molecule has 0 saturated heterocycles. The first kappa shape index (κ1) is 24.8. The minimum absolute atomic E-state index is 0.229. The van der Waals surface area contributed by atoms with Gasteiger partial charge >= 0.3 is 5.97 Å². The highest BCUT2D eigenvalue weighted by Crippen LogP contribution is 2.22. The van der Waals surface area contributed by atoms with Crippen molar-refractivity contribution in [3.63, 3.8) is 0 Å². The predicted octanol–water partition coefficient (Wildman–Crippen LogP) is 4.60. The number of ether oxygens (including phenoxy) is 1. The molecule has 0 spiro atoms. The molecule has 0 radical (unpaired) electrons. The Bertz CT molecular complexity index is 693. The second-order valence-corrected chi connectivity index (χ2v) is 9.67. The molecule has 6 nitrogen and oxygen atoms in total. The topological polar surface area (TPSA) is 93.5 Å².